The molecule has 37 heavy (non-hydrogen) atoms. The number of rotatable bonds is 9. The smallest absolute Gasteiger partial charge is 0.197 e. The number of para-hydroxylation sites is 1. The van der Waals surface area contributed by atoms with Crippen LogP contribution < -0.4 is 4.74 Å². The van der Waals surface area contributed by atoms with Crippen LogP contribution in [0.25, 0.3) is 22.3 Å². The number of furan rings is 1. The lowest BCUT2D eigenvalue weighted by Crippen LogP contribution is -2.28. The average molecular weight is 744 g/mol. The summed E-state index contributed by atoms with van der Waals surface area (Å²) >= 11 is 4.54. The number of ketones is 1. The molecule has 0 bridgehead atoms. The Hall–Kier alpha value is -1.62. The van der Waals surface area contributed by atoms with Gasteiger partial charge in [0.05, 0.1) is 12.7 Å². The van der Waals surface area contributed by atoms with Gasteiger partial charge in [-0.1, -0.05) is 49.7 Å². The molecule has 1 heterocycles. The lowest BCUT2D eigenvalue weighted by molar-refractivity contribution is 0.104. The summed E-state index contributed by atoms with van der Waals surface area (Å²) in [4.78, 5) is 16.4. The summed E-state index contributed by atoms with van der Waals surface area (Å²) < 4.78 is 14.4. The van der Waals surface area contributed by atoms with Gasteiger partial charge in [-0.15, -0.1) is 12.4 Å². The molecule has 0 atom stereocenters. The van der Waals surface area contributed by atoms with Gasteiger partial charge in [0, 0.05) is 23.1 Å². The predicted molar refractivity (Wildman–Crippen MR) is 172 cm³/mol. The van der Waals surface area contributed by atoms with Crippen LogP contribution in [0, 0.1) is 27.9 Å². The Balaban J connectivity index is 0.00000380. The van der Waals surface area contributed by atoms with Crippen molar-refractivity contribution in [3.63, 3.8) is 0 Å². The standard InChI is InChI=1S/C30H31I2NO3.ClH/c1-6-33(7-2)12-13-35-29-23(31)16-21(17-24(29)32)28(34)27-22-10-8-9-11-25(22)36-30(27)26-19(4)14-18(3)15-20(26)5;/h8-11,14-17H,6-7,12-13H2,1-5H3;1H. The van der Waals surface area contributed by atoms with E-state index in [1.807, 2.05) is 36.4 Å². The molecule has 0 unspecified atom stereocenters. The van der Waals surface area contributed by atoms with E-state index in [2.05, 4.69) is 96.8 Å². The van der Waals surface area contributed by atoms with Crippen molar-refractivity contribution >= 4 is 74.3 Å². The fourth-order valence-corrected chi connectivity index (χ4v) is 6.85. The van der Waals surface area contributed by atoms with Crippen molar-refractivity contribution in [2.24, 2.45) is 0 Å². The number of ether oxygens (including phenoxy) is 1. The minimum absolute atomic E-state index is 0. The van der Waals surface area contributed by atoms with Gasteiger partial charge in [0.15, 0.2) is 5.78 Å². The summed E-state index contributed by atoms with van der Waals surface area (Å²) in [5.41, 5.74) is 6.34. The Labute approximate surface area is 252 Å². The number of fused-ring (bicyclic) bond motifs is 1. The molecule has 4 rings (SSSR count). The monoisotopic (exact) mass is 743 g/mol. The normalized spacial score (nSPS) is 11.1. The average Bonchev–Trinajstić information content (AvgIpc) is 3.21. The number of likely N-dealkylation sites (N-methyl/N-ethyl adjacent to an activating group) is 1. The molecule has 7 heteroatoms. The molecule has 0 saturated heterocycles. The first-order chi connectivity index (χ1) is 17.2. The zero-order valence-corrected chi connectivity index (χ0v) is 26.9. The first-order valence-corrected chi connectivity index (χ1v) is 14.4. The highest BCUT2D eigenvalue weighted by molar-refractivity contribution is 14.1. The fourth-order valence-electron chi connectivity index (χ4n) is 4.77. The molecule has 0 spiro atoms. The van der Waals surface area contributed by atoms with Gasteiger partial charge in [0.2, 0.25) is 0 Å². The molecule has 196 valence electrons. The van der Waals surface area contributed by atoms with Crippen molar-refractivity contribution in [3.05, 3.63) is 83.5 Å². The van der Waals surface area contributed by atoms with Gasteiger partial charge in [-0.3, -0.25) is 4.79 Å². The van der Waals surface area contributed by atoms with Crippen molar-refractivity contribution in [1.82, 2.24) is 4.90 Å². The molecule has 0 aliphatic carbocycles. The van der Waals surface area contributed by atoms with E-state index in [9.17, 15) is 4.79 Å². The van der Waals surface area contributed by atoms with Crippen LogP contribution in [-0.4, -0.2) is 36.9 Å². The number of nitrogens with zero attached hydrogens (tertiary/aromatic N) is 1. The maximum atomic E-state index is 14.1. The highest BCUT2D eigenvalue weighted by Crippen LogP contribution is 2.39. The third kappa shape index (κ3) is 6.34. The van der Waals surface area contributed by atoms with Gasteiger partial charge in [0.1, 0.15) is 23.7 Å². The van der Waals surface area contributed by atoms with E-state index in [1.165, 1.54) is 5.56 Å². The minimum Gasteiger partial charge on any atom is -0.490 e. The van der Waals surface area contributed by atoms with Crippen LogP contribution in [0.1, 0.15) is 46.5 Å². The Morgan fingerprint density at radius 2 is 1.54 bits per heavy atom. The molecule has 4 nitrogen and oxygen atoms in total. The summed E-state index contributed by atoms with van der Waals surface area (Å²) in [6.45, 7) is 14.0. The van der Waals surface area contributed by atoms with Crippen molar-refractivity contribution < 1.29 is 13.9 Å². The molecule has 3 aromatic carbocycles. The number of benzene rings is 3. The maximum Gasteiger partial charge on any atom is 0.197 e. The van der Waals surface area contributed by atoms with E-state index in [-0.39, 0.29) is 18.2 Å². The number of aryl methyl sites for hydroxylation is 3. The first-order valence-electron chi connectivity index (χ1n) is 12.2. The third-order valence-corrected chi connectivity index (χ3v) is 8.14. The molecule has 1 aromatic heterocycles. The van der Waals surface area contributed by atoms with Gasteiger partial charge >= 0.3 is 0 Å². The third-order valence-electron chi connectivity index (χ3n) is 6.54. The molecule has 0 amide bonds. The lowest BCUT2D eigenvalue weighted by atomic mass is 9.92. The summed E-state index contributed by atoms with van der Waals surface area (Å²) in [6, 6.07) is 15.9. The Kier molecular flexibility index (Phi) is 10.5. The van der Waals surface area contributed by atoms with Crippen molar-refractivity contribution in [1.29, 1.82) is 0 Å². The Morgan fingerprint density at radius 1 is 0.946 bits per heavy atom. The van der Waals surface area contributed by atoms with E-state index >= 15 is 0 Å². The Bertz CT molecular complexity index is 1380. The van der Waals surface area contributed by atoms with Crippen molar-refractivity contribution in [2.75, 3.05) is 26.2 Å². The first kappa shape index (κ1) is 29.9. The van der Waals surface area contributed by atoms with Gasteiger partial charge in [0.25, 0.3) is 0 Å². The van der Waals surface area contributed by atoms with E-state index < -0.39 is 0 Å². The van der Waals surface area contributed by atoms with Crippen LogP contribution in [0.15, 0.2) is 52.9 Å². The lowest BCUT2D eigenvalue weighted by Gasteiger charge is -2.19. The largest absolute Gasteiger partial charge is 0.490 e. The number of hydrogen-bond donors (Lipinski definition) is 0. The van der Waals surface area contributed by atoms with E-state index in [1.54, 1.807) is 0 Å². The zero-order valence-electron chi connectivity index (χ0n) is 21.8. The van der Waals surface area contributed by atoms with Crippen LogP contribution in [-0.2, 0) is 0 Å². The summed E-state index contributed by atoms with van der Waals surface area (Å²) in [5.74, 6) is 1.43. The predicted octanol–water partition coefficient (Wildman–Crippen LogP) is 8.61. The van der Waals surface area contributed by atoms with Gasteiger partial charge in [-0.25, -0.2) is 0 Å². The molecule has 0 radical (unpaired) electrons. The zero-order chi connectivity index (χ0) is 26.0. The molecule has 0 saturated carbocycles. The van der Waals surface area contributed by atoms with Crippen LogP contribution in [0.4, 0.5) is 0 Å². The van der Waals surface area contributed by atoms with Crippen LogP contribution in [0.5, 0.6) is 5.75 Å². The molecule has 0 aliphatic heterocycles. The van der Waals surface area contributed by atoms with Crippen LogP contribution in [0.3, 0.4) is 0 Å². The summed E-state index contributed by atoms with van der Waals surface area (Å²) in [5, 5.41) is 0.835. The molecule has 0 aliphatic rings. The number of carbonyl (C=O) groups excluding carboxylic acids is 1. The second-order valence-corrected chi connectivity index (χ2v) is 11.4. The van der Waals surface area contributed by atoms with Gasteiger partial charge in [-0.2, -0.15) is 0 Å². The summed E-state index contributed by atoms with van der Waals surface area (Å²) in [7, 11) is 0. The van der Waals surface area contributed by atoms with Gasteiger partial charge in [-0.05, 0) is 108 Å². The molecule has 0 N–H and O–H groups in total. The number of hydrogen-bond acceptors (Lipinski definition) is 4. The fraction of sp³-hybridized carbons (Fsp3) is 0.300. The number of halogens is 3. The highest BCUT2D eigenvalue weighted by atomic mass is 127. The molecular formula is C30H32ClI2NO3. The molecule has 0 fully saturated rings. The molecule has 4 aromatic rings. The minimum atomic E-state index is -0.0418. The second-order valence-electron chi connectivity index (χ2n) is 9.05. The van der Waals surface area contributed by atoms with Crippen LogP contribution in [0.2, 0.25) is 0 Å². The molecular weight excluding hydrogens is 712 g/mol. The quantitative estimate of drug-likeness (QED) is 0.127. The maximum absolute atomic E-state index is 14.1. The Morgan fingerprint density at radius 3 is 2.14 bits per heavy atom. The number of carbonyl (C=O) groups is 1. The van der Waals surface area contributed by atoms with Crippen molar-refractivity contribution in [2.45, 2.75) is 34.6 Å². The highest BCUT2D eigenvalue weighted by Gasteiger charge is 2.26. The SMILES string of the molecule is CCN(CC)CCOc1c(I)cc(C(=O)c2c(-c3c(C)cc(C)cc3C)oc3ccccc23)cc1I.Cl. The van der Waals surface area contributed by atoms with Gasteiger partial charge < -0.3 is 14.1 Å². The summed E-state index contributed by atoms with van der Waals surface area (Å²) in [6.07, 6.45) is 0. The van der Waals surface area contributed by atoms with Crippen molar-refractivity contribution in [3.8, 4) is 17.1 Å². The topological polar surface area (TPSA) is 42.7 Å². The van der Waals surface area contributed by atoms with Crippen LogP contribution >= 0.6 is 57.6 Å². The van der Waals surface area contributed by atoms with E-state index in [0.717, 1.165) is 60.2 Å². The second kappa shape index (κ2) is 13.0. The van der Waals surface area contributed by atoms with E-state index in [4.69, 9.17) is 9.15 Å². The van der Waals surface area contributed by atoms with E-state index in [0.29, 0.717) is 23.5 Å².